The van der Waals surface area contributed by atoms with Crippen LogP contribution in [0.5, 0.6) is 0 Å². The van der Waals surface area contributed by atoms with E-state index in [9.17, 15) is 10.1 Å². The van der Waals surface area contributed by atoms with Gasteiger partial charge < -0.3 is 5.73 Å². The van der Waals surface area contributed by atoms with E-state index in [1.165, 1.54) is 23.5 Å². The van der Waals surface area contributed by atoms with Gasteiger partial charge in [0.25, 0.3) is 5.69 Å². The number of nitrogens with zero attached hydrogens (tertiary/aromatic N) is 2. The van der Waals surface area contributed by atoms with Crippen molar-refractivity contribution >= 4 is 22.2 Å². The van der Waals surface area contributed by atoms with Crippen LogP contribution in [0.3, 0.4) is 0 Å². The first-order chi connectivity index (χ1) is 7.16. The Balaban J connectivity index is 2.45. The summed E-state index contributed by atoms with van der Waals surface area (Å²) in [5.41, 5.74) is 6.32. The van der Waals surface area contributed by atoms with E-state index in [0.29, 0.717) is 5.13 Å². The first-order valence-electron chi connectivity index (χ1n) is 4.13. The number of benzene rings is 1. The SMILES string of the molecule is Nc1ncc(-c2cccc([N+](=O)[O-])c2)s1. The van der Waals surface area contributed by atoms with Crippen LogP contribution < -0.4 is 5.73 Å². The number of aromatic nitrogens is 1. The molecule has 0 fully saturated rings. The third-order valence-corrected chi connectivity index (χ3v) is 2.74. The van der Waals surface area contributed by atoms with Gasteiger partial charge >= 0.3 is 0 Å². The van der Waals surface area contributed by atoms with Gasteiger partial charge in [0, 0.05) is 23.9 Å². The summed E-state index contributed by atoms with van der Waals surface area (Å²) in [5, 5.41) is 11.0. The highest BCUT2D eigenvalue weighted by molar-refractivity contribution is 7.18. The predicted molar refractivity (Wildman–Crippen MR) is 58.6 cm³/mol. The maximum Gasteiger partial charge on any atom is 0.270 e. The van der Waals surface area contributed by atoms with Crippen molar-refractivity contribution in [2.45, 2.75) is 0 Å². The van der Waals surface area contributed by atoms with Crippen LogP contribution in [0.4, 0.5) is 10.8 Å². The summed E-state index contributed by atoms with van der Waals surface area (Å²) in [6.45, 7) is 0. The summed E-state index contributed by atoms with van der Waals surface area (Å²) in [7, 11) is 0. The second-order valence-corrected chi connectivity index (χ2v) is 3.93. The van der Waals surface area contributed by atoms with E-state index in [2.05, 4.69) is 4.98 Å². The number of rotatable bonds is 2. The van der Waals surface area contributed by atoms with Gasteiger partial charge in [-0.15, -0.1) is 0 Å². The number of thiazole rings is 1. The number of hydrogen-bond donors (Lipinski definition) is 1. The third kappa shape index (κ3) is 1.94. The molecule has 0 atom stereocenters. The Bertz CT molecular complexity index is 510. The molecule has 1 aromatic carbocycles. The molecule has 76 valence electrons. The van der Waals surface area contributed by atoms with Crippen LogP contribution in [0, 0.1) is 10.1 Å². The molecule has 0 saturated carbocycles. The molecule has 0 aliphatic rings. The van der Waals surface area contributed by atoms with Crippen molar-refractivity contribution in [1.29, 1.82) is 0 Å². The van der Waals surface area contributed by atoms with Crippen molar-refractivity contribution in [2.24, 2.45) is 0 Å². The minimum atomic E-state index is -0.423. The van der Waals surface area contributed by atoms with Crippen LogP contribution in [-0.2, 0) is 0 Å². The quantitative estimate of drug-likeness (QED) is 0.623. The number of nitrogens with two attached hydrogens (primary N) is 1. The summed E-state index contributed by atoms with van der Waals surface area (Å²) >= 11 is 1.31. The standard InChI is InChI=1S/C9H7N3O2S/c10-9-11-5-8(15-9)6-2-1-3-7(4-6)12(13)14/h1-5H,(H2,10,11). The summed E-state index contributed by atoms with van der Waals surface area (Å²) in [4.78, 5) is 14.9. The van der Waals surface area contributed by atoms with E-state index in [-0.39, 0.29) is 5.69 Å². The zero-order valence-corrected chi connectivity index (χ0v) is 8.40. The monoisotopic (exact) mass is 221 g/mol. The van der Waals surface area contributed by atoms with Crippen molar-refractivity contribution in [3.05, 3.63) is 40.6 Å². The Kier molecular flexibility index (Phi) is 2.34. The van der Waals surface area contributed by atoms with Crippen LogP contribution in [0.1, 0.15) is 0 Å². The summed E-state index contributed by atoms with van der Waals surface area (Å²) in [5.74, 6) is 0. The second kappa shape index (κ2) is 3.66. The van der Waals surface area contributed by atoms with Crippen molar-refractivity contribution in [3.63, 3.8) is 0 Å². The van der Waals surface area contributed by atoms with E-state index >= 15 is 0 Å². The molecule has 0 radical (unpaired) electrons. The molecule has 15 heavy (non-hydrogen) atoms. The fourth-order valence-corrected chi connectivity index (χ4v) is 1.87. The summed E-state index contributed by atoms with van der Waals surface area (Å²) in [6.07, 6.45) is 1.61. The lowest BCUT2D eigenvalue weighted by Gasteiger charge is -1.95. The van der Waals surface area contributed by atoms with Gasteiger partial charge in [0.2, 0.25) is 0 Å². The van der Waals surface area contributed by atoms with Crippen molar-refractivity contribution in [3.8, 4) is 10.4 Å². The van der Waals surface area contributed by atoms with E-state index < -0.39 is 4.92 Å². The molecule has 0 unspecified atom stereocenters. The average molecular weight is 221 g/mol. The van der Waals surface area contributed by atoms with Gasteiger partial charge in [-0.3, -0.25) is 10.1 Å². The lowest BCUT2D eigenvalue weighted by Crippen LogP contribution is -1.87. The molecule has 2 rings (SSSR count). The Morgan fingerprint density at radius 3 is 2.87 bits per heavy atom. The number of nitro groups is 1. The third-order valence-electron chi connectivity index (χ3n) is 1.87. The topological polar surface area (TPSA) is 82.0 Å². The molecule has 5 nitrogen and oxygen atoms in total. The maximum absolute atomic E-state index is 10.6. The van der Waals surface area contributed by atoms with Gasteiger partial charge in [0.1, 0.15) is 0 Å². The van der Waals surface area contributed by atoms with Gasteiger partial charge in [-0.25, -0.2) is 4.98 Å². The second-order valence-electron chi connectivity index (χ2n) is 2.87. The summed E-state index contributed by atoms with van der Waals surface area (Å²) in [6, 6.07) is 6.39. The van der Waals surface area contributed by atoms with Crippen LogP contribution in [0.15, 0.2) is 30.5 Å². The summed E-state index contributed by atoms with van der Waals surface area (Å²) < 4.78 is 0. The van der Waals surface area contributed by atoms with Crippen LogP contribution in [0.2, 0.25) is 0 Å². The number of non-ortho nitro benzene ring substituents is 1. The van der Waals surface area contributed by atoms with E-state index in [4.69, 9.17) is 5.73 Å². The lowest BCUT2D eigenvalue weighted by molar-refractivity contribution is -0.384. The van der Waals surface area contributed by atoms with Crippen LogP contribution in [0.25, 0.3) is 10.4 Å². The zero-order chi connectivity index (χ0) is 10.8. The predicted octanol–water partition coefficient (Wildman–Crippen LogP) is 2.30. The molecular weight excluding hydrogens is 214 g/mol. The van der Waals surface area contributed by atoms with Gasteiger partial charge in [-0.05, 0) is 0 Å². The number of nitro benzene ring substituents is 1. The van der Waals surface area contributed by atoms with Crippen molar-refractivity contribution in [1.82, 2.24) is 4.98 Å². The van der Waals surface area contributed by atoms with E-state index in [1.807, 2.05) is 0 Å². The minimum absolute atomic E-state index is 0.0690. The van der Waals surface area contributed by atoms with E-state index in [1.54, 1.807) is 18.3 Å². The average Bonchev–Trinajstić information content (AvgIpc) is 2.65. The molecule has 1 heterocycles. The smallest absolute Gasteiger partial charge is 0.270 e. The van der Waals surface area contributed by atoms with Gasteiger partial charge in [0.15, 0.2) is 5.13 Å². The van der Waals surface area contributed by atoms with Gasteiger partial charge in [-0.2, -0.15) is 0 Å². The zero-order valence-electron chi connectivity index (χ0n) is 7.58. The lowest BCUT2D eigenvalue weighted by atomic mass is 10.2. The Hall–Kier alpha value is -1.95. The first-order valence-corrected chi connectivity index (χ1v) is 4.94. The molecular formula is C9H7N3O2S. The Morgan fingerprint density at radius 1 is 1.47 bits per heavy atom. The molecule has 6 heteroatoms. The number of nitrogen functional groups attached to an aromatic ring is 1. The van der Waals surface area contributed by atoms with Gasteiger partial charge in [0.05, 0.1) is 9.80 Å². The molecule has 2 aromatic rings. The maximum atomic E-state index is 10.6. The molecule has 0 saturated heterocycles. The highest BCUT2D eigenvalue weighted by Gasteiger charge is 2.08. The van der Waals surface area contributed by atoms with Crippen LogP contribution in [-0.4, -0.2) is 9.91 Å². The fraction of sp³-hybridized carbons (Fsp3) is 0. The molecule has 2 N–H and O–H groups in total. The normalized spacial score (nSPS) is 10.1. The highest BCUT2D eigenvalue weighted by atomic mass is 32.1. The largest absolute Gasteiger partial charge is 0.375 e. The highest BCUT2D eigenvalue weighted by Crippen LogP contribution is 2.29. The molecule has 0 spiro atoms. The molecule has 1 aromatic heterocycles. The Morgan fingerprint density at radius 2 is 2.27 bits per heavy atom. The molecule has 0 amide bonds. The number of anilines is 1. The molecule has 0 bridgehead atoms. The van der Waals surface area contributed by atoms with Crippen LogP contribution >= 0.6 is 11.3 Å². The van der Waals surface area contributed by atoms with Crippen molar-refractivity contribution in [2.75, 3.05) is 5.73 Å². The van der Waals surface area contributed by atoms with Crippen molar-refractivity contribution < 1.29 is 4.92 Å². The fourth-order valence-electron chi connectivity index (χ4n) is 1.19. The Labute approximate surface area is 89.3 Å². The minimum Gasteiger partial charge on any atom is -0.375 e. The molecule has 0 aliphatic carbocycles. The first kappa shape index (κ1) is 9.60. The number of hydrogen-bond acceptors (Lipinski definition) is 5. The van der Waals surface area contributed by atoms with Gasteiger partial charge in [-0.1, -0.05) is 23.5 Å². The van der Waals surface area contributed by atoms with E-state index in [0.717, 1.165) is 10.4 Å². The molecule has 0 aliphatic heterocycles.